The average molecular weight is 273 g/mol. The summed E-state index contributed by atoms with van der Waals surface area (Å²) in [6.07, 6.45) is 1.66. The topological polar surface area (TPSA) is 25.2 Å². The molecule has 0 aliphatic rings. The summed E-state index contributed by atoms with van der Waals surface area (Å²) in [7, 11) is 0. The molecule has 0 saturated carbocycles. The number of benzene rings is 1. The lowest BCUT2D eigenvalue weighted by Gasteiger charge is -2.19. The molecule has 0 atom stereocenters. The highest BCUT2D eigenvalue weighted by Crippen LogP contribution is 2.22. The molecule has 2 aromatic rings. The number of hydrogen-bond donors (Lipinski definition) is 1. The van der Waals surface area contributed by atoms with Crippen LogP contribution in [0, 0.1) is 0 Å². The zero-order valence-corrected chi connectivity index (χ0v) is 12.4. The van der Waals surface area contributed by atoms with Gasteiger partial charge >= 0.3 is 0 Å². The van der Waals surface area contributed by atoms with E-state index < -0.39 is 0 Å². The van der Waals surface area contributed by atoms with Crippen LogP contribution in [0.1, 0.15) is 37.7 Å². The SMILES string of the molecule is CC(C)(C)c1ccc(C(=S)NCc2ccco2)cc1. The lowest BCUT2D eigenvalue weighted by molar-refractivity contribution is 0.504. The van der Waals surface area contributed by atoms with Crippen molar-refractivity contribution in [1.82, 2.24) is 5.32 Å². The Hall–Kier alpha value is -1.61. The molecule has 0 spiro atoms. The predicted octanol–water partition coefficient (Wildman–Crippen LogP) is 4.04. The van der Waals surface area contributed by atoms with Crippen LogP contribution in [0.5, 0.6) is 0 Å². The van der Waals surface area contributed by atoms with E-state index in [0.717, 1.165) is 16.3 Å². The summed E-state index contributed by atoms with van der Waals surface area (Å²) in [4.78, 5) is 0.747. The highest BCUT2D eigenvalue weighted by molar-refractivity contribution is 7.80. The zero-order chi connectivity index (χ0) is 13.9. The monoisotopic (exact) mass is 273 g/mol. The smallest absolute Gasteiger partial charge is 0.122 e. The molecule has 1 N–H and O–H groups in total. The Kier molecular flexibility index (Phi) is 4.05. The van der Waals surface area contributed by atoms with Crippen molar-refractivity contribution in [2.45, 2.75) is 32.7 Å². The van der Waals surface area contributed by atoms with Crippen molar-refractivity contribution in [1.29, 1.82) is 0 Å². The summed E-state index contributed by atoms with van der Waals surface area (Å²) in [5, 5.41) is 3.20. The standard InChI is InChI=1S/C16H19NOS/c1-16(2,3)13-8-6-12(7-9-13)15(19)17-11-14-5-4-10-18-14/h4-10H,11H2,1-3H3,(H,17,19). The average Bonchev–Trinajstić information content (AvgIpc) is 2.88. The van der Waals surface area contributed by atoms with Crippen LogP contribution in [0.25, 0.3) is 0 Å². The molecule has 1 aromatic heterocycles. The van der Waals surface area contributed by atoms with Crippen molar-refractivity contribution >= 4 is 17.2 Å². The molecular formula is C16H19NOS. The third-order valence-electron chi connectivity index (χ3n) is 3.02. The molecule has 0 saturated heterocycles. The van der Waals surface area contributed by atoms with Crippen LogP contribution in [-0.2, 0) is 12.0 Å². The second-order valence-corrected chi connectivity index (χ2v) is 6.00. The molecule has 3 heteroatoms. The van der Waals surface area contributed by atoms with Gasteiger partial charge in [-0.15, -0.1) is 0 Å². The first kappa shape index (κ1) is 13.8. The van der Waals surface area contributed by atoms with Crippen LogP contribution in [0.2, 0.25) is 0 Å². The van der Waals surface area contributed by atoms with Gasteiger partial charge in [0.2, 0.25) is 0 Å². The van der Waals surface area contributed by atoms with E-state index in [4.69, 9.17) is 16.6 Å². The second kappa shape index (κ2) is 5.57. The lowest BCUT2D eigenvalue weighted by Crippen LogP contribution is -2.21. The molecule has 0 radical (unpaired) electrons. The van der Waals surface area contributed by atoms with Gasteiger partial charge in [0.1, 0.15) is 10.7 Å². The van der Waals surface area contributed by atoms with Crippen molar-refractivity contribution < 1.29 is 4.42 Å². The van der Waals surface area contributed by atoms with Gasteiger partial charge in [-0.1, -0.05) is 57.3 Å². The van der Waals surface area contributed by atoms with Crippen molar-refractivity contribution in [3.05, 3.63) is 59.5 Å². The van der Waals surface area contributed by atoms with Gasteiger partial charge in [-0.2, -0.15) is 0 Å². The predicted molar refractivity (Wildman–Crippen MR) is 82.4 cm³/mol. The highest BCUT2D eigenvalue weighted by Gasteiger charge is 2.13. The van der Waals surface area contributed by atoms with Gasteiger partial charge in [0, 0.05) is 5.56 Å². The van der Waals surface area contributed by atoms with Crippen molar-refractivity contribution in [2.75, 3.05) is 0 Å². The molecule has 2 nitrogen and oxygen atoms in total. The summed E-state index contributed by atoms with van der Waals surface area (Å²) in [5.41, 5.74) is 2.52. The number of rotatable bonds is 3. The summed E-state index contributed by atoms with van der Waals surface area (Å²) in [5.74, 6) is 0.883. The van der Waals surface area contributed by atoms with E-state index in [1.54, 1.807) is 6.26 Å². The number of hydrogen-bond acceptors (Lipinski definition) is 2. The maximum absolute atomic E-state index is 5.38. The Balaban J connectivity index is 2.00. The molecule has 0 bridgehead atoms. The first-order valence-corrected chi connectivity index (χ1v) is 6.79. The fourth-order valence-electron chi connectivity index (χ4n) is 1.80. The molecule has 0 aliphatic heterocycles. The summed E-state index contributed by atoms with van der Waals surface area (Å²) < 4.78 is 5.26. The molecule has 0 fully saturated rings. The van der Waals surface area contributed by atoms with E-state index >= 15 is 0 Å². The molecule has 1 heterocycles. The van der Waals surface area contributed by atoms with E-state index in [-0.39, 0.29) is 5.41 Å². The highest BCUT2D eigenvalue weighted by atomic mass is 32.1. The Labute approximate surface area is 119 Å². The number of thiocarbonyl (C=S) groups is 1. The summed E-state index contributed by atoms with van der Waals surface area (Å²) >= 11 is 5.38. The van der Waals surface area contributed by atoms with Gasteiger partial charge in [-0.05, 0) is 23.1 Å². The van der Waals surface area contributed by atoms with E-state index in [9.17, 15) is 0 Å². The van der Waals surface area contributed by atoms with E-state index in [0.29, 0.717) is 6.54 Å². The quantitative estimate of drug-likeness (QED) is 0.854. The second-order valence-electron chi connectivity index (χ2n) is 5.59. The van der Waals surface area contributed by atoms with Gasteiger partial charge < -0.3 is 9.73 Å². The molecule has 19 heavy (non-hydrogen) atoms. The van der Waals surface area contributed by atoms with Crippen LogP contribution >= 0.6 is 12.2 Å². The van der Waals surface area contributed by atoms with E-state index in [1.807, 2.05) is 12.1 Å². The minimum Gasteiger partial charge on any atom is -0.467 e. The van der Waals surface area contributed by atoms with Gasteiger partial charge in [-0.3, -0.25) is 0 Å². The van der Waals surface area contributed by atoms with Crippen LogP contribution < -0.4 is 5.32 Å². The fourth-order valence-corrected chi connectivity index (χ4v) is 2.01. The first-order valence-electron chi connectivity index (χ1n) is 6.38. The van der Waals surface area contributed by atoms with Crippen LogP contribution in [0.4, 0.5) is 0 Å². The minimum absolute atomic E-state index is 0.168. The largest absolute Gasteiger partial charge is 0.467 e. The Morgan fingerprint density at radius 1 is 1.16 bits per heavy atom. The zero-order valence-electron chi connectivity index (χ0n) is 11.6. The summed E-state index contributed by atoms with van der Waals surface area (Å²) in [6, 6.07) is 12.2. The Bertz CT molecular complexity index is 535. The van der Waals surface area contributed by atoms with Crippen molar-refractivity contribution in [3.8, 4) is 0 Å². The Morgan fingerprint density at radius 3 is 2.37 bits per heavy atom. The lowest BCUT2D eigenvalue weighted by atomic mass is 9.87. The molecular weight excluding hydrogens is 254 g/mol. The summed E-state index contributed by atoms with van der Waals surface area (Å²) in [6.45, 7) is 7.23. The molecule has 0 amide bonds. The van der Waals surface area contributed by atoms with Crippen LogP contribution in [0.3, 0.4) is 0 Å². The first-order chi connectivity index (χ1) is 8.97. The van der Waals surface area contributed by atoms with Crippen LogP contribution in [0.15, 0.2) is 47.1 Å². The third kappa shape index (κ3) is 3.67. The van der Waals surface area contributed by atoms with Gasteiger partial charge in [0.05, 0.1) is 12.8 Å². The molecule has 100 valence electrons. The van der Waals surface area contributed by atoms with Crippen molar-refractivity contribution in [2.24, 2.45) is 0 Å². The third-order valence-corrected chi connectivity index (χ3v) is 3.40. The maximum atomic E-state index is 5.38. The van der Waals surface area contributed by atoms with Crippen LogP contribution in [-0.4, -0.2) is 4.99 Å². The molecule has 0 aliphatic carbocycles. The maximum Gasteiger partial charge on any atom is 0.122 e. The van der Waals surface area contributed by atoms with E-state index in [1.165, 1.54) is 5.56 Å². The number of nitrogens with one attached hydrogen (secondary N) is 1. The molecule has 0 unspecified atom stereocenters. The fraction of sp³-hybridized carbons (Fsp3) is 0.312. The van der Waals surface area contributed by atoms with Gasteiger partial charge in [-0.25, -0.2) is 0 Å². The number of furan rings is 1. The van der Waals surface area contributed by atoms with Gasteiger partial charge in [0.25, 0.3) is 0 Å². The van der Waals surface area contributed by atoms with E-state index in [2.05, 4.69) is 50.4 Å². The van der Waals surface area contributed by atoms with Gasteiger partial charge in [0.15, 0.2) is 0 Å². The molecule has 1 aromatic carbocycles. The minimum atomic E-state index is 0.168. The Morgan fingerprint density at radius 2 is 1.84 bits per heavy atom. The molecule has 2 rings (SSSR count). The normalized spacial score (nSPS) is 11.3. The van der Waals surface area contributed by atoms with Crippen molar-refractivity contribution in [3.63, 3.8) is 0 Å².